The molecule has 1 aliphatic rings. The van der Waals surface area contributed by atoms with E-state index in [1.807, 2.05) is 0 Å². The fourth-order valence-electron chi connectivity index (χ4n) is 1.78. The van der Waals surface area contributed by atoms with Gasteiger partial charge in [-0.1, -0.05) is 6.07 Å². The second-order valence-electron chi connectivity index (χ2n) is 3.81. The summed E-state index contributed by atoms with van der Waals surface area (Å²) in [5.41, 5.74) is 0. The Morgan fingerprint density at radius 2 is 2.25 bits per heavy atom. The van der Waals surface area contributed by atoms with E-state index in [-0.39, 0.29) is 29.1 Å². The molecule has 1 aromatic rings. The lowest BCUT2D eigenvalue weighted by Gasteiger charge is -2.08. The number of pyridine rings is 1. The zero-order chi connectivity index (χ0) is 10.7. The summed E-state index contributed by atoms with van der Waals surface area (Å²) in [6, 6.07) is 4.97. The fraction of sp³-hybridized carbons (Fsp3) is 0.500. The van der Waals surface area contributed by atoms with Gasteiger partial charge in [0.1, 0.15) is 0 Å². The maximum atomic E-state index is 11.9. The second kappa shape index (κ2) is 5.61. The summed E-state index contributed by atoms with van der Waals surface area (Å²) in [6.07, 6.45) is 2.45. The molecule has 1 aliphatic heterocycles. The molecule has 2 heterocycles. The highest BCUT2D eigenvalue weighted by Crippen LogP contribution is 2.15. The SMILES string of the molecule is Cl.O=S(=O)(CC1CCNC1)c1ccccn1. The molecule has 0 bridgehead atoms. The van der Waals surface area contributed by atoms with E-state index in [9.17, 15) is 8.42 Å². The van der Waals surface area contributed by atoms with Crippen LogP contribution in [-0.4, -0.2) is 32.2 Å². The Kier molecular flexibility index (Phi) is 4.70. The van der Waals surface area contributed by atoms with Gasteiger partial charge in [0.25, 0.3) is 0 Å². The number of halogens is 1. The van der Waals surface area contributed by atoms with Gasteiger partial charge in [0.05, 0.1) is 5.75 Å². The minimum atomic E-state index is -3.19. The zero-order valence-electron chi connectivity index (χ0n) is 8.80. The first kappa shape index (κ1) is 13.4. The van der Waals surface area contributed by atoms with Gasteiger partial charge in [0.2, 0.25) is 0 Å². The van der Waals surface area contributed by atoms with Crippen molar-refractivity contribution in [1.82, 2.24) is 10.3 Å². The van der Waals surface area contributed by atoms with Crippen LogP contribution < -0.4 is 5.32 Å². The van der Waals surface area contributed by atoms with Crippen molar-refractivity contribution >= 4 is 22.2 Å². The van der Waals surface area contributed by atoms with Crippen molar-refractivity contribution in [2.45, 2.75) is 11.4 Å². The molecule has 0 radical (unpaired) electrons. The number of aromatic nitrogens is 1. The predicted octanol–water partition coefficient (Wildman–Crippen LogP) is 0.887. The highest BCUT2D eigenvalue weighted by Gasteiger charge is 2.24. The Bertz CT molecular complexity index is 416. The van der Waals surface area contributed by atoms with E-state index >= 15 is 0 Å². The number of hydrogen-bond acceptors (Lipinski definition) is 4. The molecule has 2 rings (SSSR count). The number of hydrogen-bond donors (Lipinski definition) is 1. The standard InChI is InChI=1S/C10H14N2O2S.ClH/c13-15(14,8-9-4-6-11-7-9)10-3-1-2-5-12-10;/h1-3,5,9,11H,4,6-8H2;1H. The summed E-state index contributed by atoms with van der Waals surface area (Å²) in [5, 5.41) is 3.35. The van der Waals surface area contributed by atoms with Crippen LogP contribution in [0.15, 0.2) is 29.4 Å². The Morgan fingerprint density at radius 1 is 1.44 bits per heavy atom. The number of sulfone groups is 1. The van der Waals surface area contributed by atoms with Crippen molar-refractivity contribution in [3.63, 3.8) is 0 Å². The Balaban J connectivity index is 0.00000128. The van der Waals surface area contributed by atoms with Gasteiger partial charge in [0, 0.05) is 6.20 Å². The fourth-order valence-corrected chi connectivity index (χ4v) is 3.37. The zero-order valence-corrected chi connectivity index (χ0v) is 10.4. The van der Waals surface area contributed by atoms with Gasteiger partial charge in [-0.3, -0.25) is 0 Å². The Morgan fingerprint density at radius 3 is 2.81 bits per heavy atom. The van der Waals surface area contributed by atoms with E-state index in [0.29, 0.717) is 0 Å². The van der Waals surface area contributed by atoms with Crippen molar-refractivity contribution in [2.24, 2.45) is 5.92 Å². The van der Waals surface area contributed by atoms with E-state index in [1.54, 1.807) is 18.2 Å². The molecule has 0 aromatic carbocycles. The van der Waals surface area contributed by atoms with Crippen LogP contribution in [0.3, 0.4) is 0 Å². The highest BCUT2D eigenvalue weighted by atomic mass is 35.5. The minimum absolute atomic E-state index is 0. The number of nitrogens with one attached hydrogen (secondary N) is 1. The number of nitrogens with zero attached hydrogens (tertiary/aromatic N) is 1. The second-order valence-corrected chi connectivity index (χ2v) is 5.79. The quantitative estimate of drug-likeness (QED) is 0.879. The maximum absolute atomic E-state index is 11.9. The topological polar surface area (TPSA) is 59.1 Å². The summed E-state index contributed by atoms with van der Waals surface area (Å²) >= 11 is 0. The lowest BCUT2D eigenvalue weighted by atomic mass is 10.2. The third-order valence-corrected chi connectivity index (χ3v) is 4.36. The molecule has 0 spiro atoms. The minimum Gasteiger partial charge on any atom is -0.316 e. The lowest BCUT2D eigenvalue weighted by molar-refractivity contribution is 0.567. The monoisotopic (exact) mass is 262 g/mol. The molecule has 16 heavy (non-hydrogen) atoms. The molecule has 4 nitrogen and oxygen atoms in total. The summed E-state index contributed by atoms with van der Waals surface area (Å²) in [5.74, 6) is 0.439. The molecule has 1 N–H and O–H groups in total. The molecular formula is C10H15ClN2O2S. The molecule has 0 amide bonds. The molecule has 1 atom stereocenters. The third-order valence-electron chi connectivity index (χ3n) is 2.57. The molecule has 1 unspecified atom stereocenters. The maximum Gasteiger partial charge on any atom is 0.195 e. The van der Waals surface area contributed by atoms with Crippen LogP contribution >= 0.6 is 12.4 Å². The lowest BCUT2D eigenvalue weighted by Crippen LogP contribution is -2.19. The van der Waals surface area contributed by atoms with Gasteiger partial charge in [-0.2, -0.15) is 0 Å². The average molecular weight is 263 g/mol. The van der Waals surface area contributed by atoms with Gasteiger partial charge >= 0.3 is 0 Å². The van der Waals surface area contributed by atoms with Crippen molar-refractivity contribution in [3.8, 4) is 0 Å². The summed E-state index contributed by atoms with van der Waals surface area (Å²) in [4.78, 5) is 3.88. The van der Waals surface area contributed by atoms with E-state index in [0.717, 1.165) is 19.5 Å². The summed E-state index contributed by atoms with van der Waals surface area (Å²) in [6.45, 7) is 1.72. The van der Waals surface area contributed by atoms with Gasteiger partial charge in [-0.25, -0.2) is 13.4 Å². The molecular weight excluding hydrogens is 248 g/mol. The van der Waals surface area contributed by atoms with Crippen LogP contribution in [0.2, 0.25) is 0 Å². The molecule has 0 saturated carbocycles. The normalized spacial score (nSPS) is 20.4. The van der Waals surface area contributed by atoms with Gasteiger partial charge in [0.15, 0.2) is 14.9 Å². The molecule has 1 saturated heterocycles. The first-order valence-electron chi connectivity index (χ1n) is 5.03. The molecule has 90 valence electrons. The van der Waals surface area contributed by atoms with Crippen molar-refractivity contribution in [1.29, 1.82) is 0 Å². The van der Waals surface area contributed by atoms with Crippen LogP contribution in [0, 0.1) is 5.92 Å². The van der Waals surface area contributed by atoms with E-state index in [2.05, 4.69) is 10.3 Å². The Hall–Kier alpha value is -0.650. The van der Waals surface area contributed by atoms with Crippen molar-refractivity contribution in [3.05, 3.63) is 24.4 Å². The van der Waals surface area contributed by atoms with Crippen LogP contribution in [0.1, 0.15) is 6.42 Å². The van der Waals surface area contributed by atoms with Crippen LogP contribution in [0.25, 0.3) is 0 Å². The Labute approximate surface area is 102 Å². The van der Waals surface area contributed by atoms with E-state index in [1.165, 1.54) is 6.20 Å². The summed E-state index contributed by atoms with van der Waals surface area (Å²) in [7, 11) is -3.19. The van der Waals surface area contributed by atoms with Gasteiger partial charge in [-0.05, 0) is 37.6 Å². The highest BCUT2D eigenvalue weighted by molar-refractivity contribution is 7.91. The first-order chi connectivity index (χ1) is 7.18. The summed E-state index contributed by atoms with van der Waals surface area (Å²) < 4.78 is 23.8. The van der Waals surface area contributed by atoms with E-state index in [4.69, 9.17) is 0 Å². The molecule has 1 aromatic heterocycles. The predicted molar refractivity (Wildman–Crippen MR) is 64.5 cm³/mol. The van der Waals surface area contributed by atoms with Crippen molar-refractivity contribution < 1.29 is 8.42 Å². The largest absolute Gasteiger partial charge is 0.316 e. The van der Waals surface area contributed by atoms with E-state index < -0.39 is 9.84 Å². The first-order valence-corrected chi connectivity index (χ1v) is 6.68. The van der Waals surface area contributed by atoms with Gasteiger partial charge in [-0.15, -0.1) is 12.4 Å². The van der Waals surface area contributed by atoms with Gasteiger partial charge < -0.3 is 5.32 Å². The molecule has 6 heteroatoms. The van der Waals surface area contributed by atoms with Crippen LogP contribution in [0.4, 0.5) is 0 Å². The molecule has 1 fully saturated rings. The number of rotatable bonds is 3. The smallest absolute Gasteiger partial charge is 0.195 e. The third kappa shape index (κ3) is 3.17. The van der Waals surface area contributed by atoms with Crippen LogP contribution in [0.5, 0.6) is 0 Å². The van der Waals surface area contributed by atoms with Crippen LogP contribution in [-0.2, 0) is 9.84 Å². The average Bonchev–Trinajstić information content (AvgIpc) is 2.71. The molecule has 0 aliphatic carbocycles. The van der Waals surface area contributed by atoms with Crippen molar-refractivity contribution in [2.75, 3.05) is 18.8 Å².